The number of nitrogens with zero attached hydrogens (tertiary/aromatic N) is 1. The zero-order valence-corrected chi connectivity index (χ0v) is 17.3. The Kier molecular flexibility index (Phi) is 6.79. The second kappa shape index (κ2) is 9.49. The van der Waals surface area contributed by atoms with Crippen LogP contribution in [0.1, 0.15) is 12.0 Å². The Labute approximate surface area is 177 Å². The summed E-state index contributed by atoms with van der Waals surface area (Å²) in [6.45, 7) is -0.696. The quantitative estimate of drug-likeness (QED) is 0.516. The van der Waals surface area contributed by atoms with Crippen molar-refractivity contribution in [1.29, 1.82) is 5.26 Å². The van der Waals surface area contributed by atoms with Gasteiger partial charge in [-0.05, 0) is 34.4 Å². The minimum absolute atomic E-state index is 0.0955. The second-order valence-electron chi connectivity index (χ2n) is 6.14. The van der Waals surface area contributed by atoms with Crippen LogP contribution in [0.3, 0.4) is 0 Å². The lowest BCUT2D eigenvalue weighted by Gasteiger charge is -2.08. The van der Waals surface area contributed by atoms with E-state index in [9.17, 15) is 18.0 Å². The summed E-state index contributed by atoms with van der Waals surface area (Å²) in [5.41, 5.74) is 0.322. The van der Waals surface area contributed by atoms with E-state index >= 15 is 0 Å². The number of thiophene rings is 1. The molecule has 0 fully saturated rings. The fourth-order valence-electron chi connectivity index (χ4n) is 2.58. The highest BCUT2D eigenvalue weighted by Crippen LogP contribution is 2.22. The van der Waals surface area contributed by atoms with Gasteiger partial charge in [0.05, 0.1) is 16.9 Å². The van der Waals surface area contributed by atoms with Crippen LogP contribution in [0, 0.1) is 11.3 Å². The standard InChI is InChI=1S/C20H17N3O5S2/c21-12-16-8-10-29-20(16)23-18(24)13-28-19(25)7-9-22-30(26,27)17-6-5-14-3-1-2-4-15(14)11-17/h1-6,8,10-11,22H,7,9,13H2,(H,23,24). The van der Waals surface area contributed by atoms with E-state index in [1.807, 2.05) is 30.3 Å². The predicted molar refractivity (Wildman–Crippen MR) is 112 cm³/mol. The average molecular weight is 444 g/mol. The molecule has 1 aromatic heterocycles. The molecule has 0 unspecified atom stereocenters. The number of fused-ring (bicyclic) bond motifs is 1. The number of carbonyl (C=O) groups excluding carboxylic acids is 2. The molecule has 0 aliphatic rings. The van der Waals surface area contributed by atoms with Crippen LogP contribution in [0.4, 0.5) is 5.00 Å². The molecule has 0 bridgehead atoms. The minimum atomic E-state index is -3.79. The minimum Gasteiger partial charge on any atom is -0.456 e. The van der Waals surface area contributed by atoms with Crippen LogP contribution in [0.25, 0.3) is 10.8 Å². The van der Waals surface area contributed by atoms with Crippen molar-refractivity contribution in [1.82, 2.24) is 4.72 Å². The largest absolute Gasteiger partial charge is 0.456 e. The van der Waals surface area contributed by atoms with Gasteiger partial charge in [-0.2, -0.15) is 5.26 Å². The van der Waals surface area contributed by atoms with E-state index in [4.69, 9.17) is 10.00 Å². The first-order valence-corrected chi connectivity index (χ1v) is 11.2. The number of sulfonamides is 1. The first-order valence-electron chi connectivity index (χ1n) is 8.80. The molecule has 0 saturated carbocycles. The Bertz CT molecular complexity index is 1230. The Morgan fingerprint density at radius 3 is 2.63 bits per heavy atom. The van der Waals surface area contributed by atoms with Crippen LogP contribution >= 0.6 is 11.3 Å². The van der Waals surface area contributed by atoms with E-state index in [1.165, 1.54) is 17.4 Å². The number of carbonyl (C=O) groups is 2. The molecular weight excluding hydrogens is 426 g/mol. The molecule has 0 aliphatic carbocycles. The lowest BCUT2D eigenvalue weighted by atomic mass is 10.1. The van der Waals surface area contributed by atoms with Crippen LogP contribution < -0.4 is 10.0 Å². The van der Waals surface area contributed by atoms with Crippen molar-refractivity contribution in [3.8, 4) is 6.07 Å². The van der Waals surface area contributed by atoms with Crippen LogP contribution in [-0.2, 0) is 24.3 Å². The molecule has 8 nitrogen and oxygen atoms in total. The number of esters is 1. The smallest absolute Gasteiger partial charge is 0.307 e. The molecule has 1 amide bonds. The summed E-state index contributed by atoms with van der Waals surface area (Å²) in [5.74, 6) is -1.31. The highest BCUT2D eigenvalue weighted by molar-refractivity contribution is 7.89. The van der Waals surface area contributed by atoms with Crippen molar-refractivity contribution in [2.45, 2.75) is 11.3 Å². The van der Waals surface area contributed by atoms with E-state index < -0.39 is 28.5 Å². The fourth-order valence-corrected chi connectivity index (χ4v) is 4.40. The van der Waals surface area contributed by atoms with Gasteiger partial charge in [0.2, 0.25) is 10.0 Å². The number of nitrogens with one attached hydrogen (secondary N) is 2. The number of rotatable bonds is 8. The molecule has 2 N–H and O–H groups in total. The monoisotopic (exact) mass is 443 g/mol. The lowest BCUT2D eigenvalue weighted by Crippen LogP contribution is -2.28. The summed E-state index contributed by atoms with van der Waals surface area (Å²) in [4.78, 5) is 23.7. The maximum atomic E-state index is 12.4. The Hall–Kier alpha value is -3.26. The van der Waals surface area contributed by atoms with Gasteiger partial charge in [0, 0.05) is 6.54 Å². The van der Waals surface area contributed by atoms with Gasteiger partial charge in [0.1, 0.15) is 11.1 Å². The van der Waals surface area contributed by atoms with Gasteiger partial charge in [0.25, 0.3) is 5.91 Å². The molecule has 30 heavy (non-hydrogen) atoms. The maximum absolute atomic E-state index is 12.4. The number of ether oxygens (including phenoxy) is 1. The molecule has 1 heterocycles. The molecule has 10 heteroatoms. The Morgan fingerprint density at radius 1 is 1.10 bits per heavy atom. The van der Waals surface area contributed by atoms with E-state index in [0.717, 1.165) is 10.8 Å². The SMILES string of the molecule is N#Cc1ccsc1NC(=O)COC(=O)CCNS(=O)(=O)c1ccc2ccccc2c1. The fraction of sp³-hybridized carbons (Fsp3) is 0.150. The summed E-state index contributed by atoms with van der Waals surface area (Å²) in [6.07, 6.45) is -0.234. The summed E-state index contributed by atoms with van der Waals surface area (Å²) < 4.78 is 32.0. The number of hydrogen-bond acceptors (Lipinski definition) is 7. The van der Waals surface area contributed by atoms with E-state index in [-0.39, 0.29) is 17.9 Å². The van der Waals surface area contributed by atoms with Crippen molar-refractivity contribution in [3.63, 3.8) is 0 Å². The number of benzene rings is 2. The molecular formula is C20H17N3O5S2. The summed E-state index contributed by atoms with van der Waals surface area (Å²) in [5, 5.41) is 15.1. The van der Waals surface area contributed by atoms with Gasteiger partial charge < -0.3 is 10.1 Å². The summed E-state index contributed by atoms with van der Waals surface area (Å²) in [6, 6.07) is 15.6. The predicted octanol–water partition coefficient (Wildman–Crippen LogP) is 2.62. The van der Waals surface area contributed by atoms with E-state index in [1.54, 1.807) is 23.6 Å². The summed E-state index contributed by atoms with van der Waals surface area (Å²) in [7, 11) is -3.79. The van der Waals surface area contributed by atoms with E-state index in [2.05, 4.69) is 10.0 Å². The van der Waals surface area contributed by atoms with Crippen molar-refractivity contribution in [2.75, 3.05) is 18.5 Å². The van der Waals surface area contributed by atoms with Gasteiger partial charge in [-0.25, -0.2) is 13.1 Å². The van der Waals surface area contributed by atoms with Gasteiger partial charge in [0.15, 0.2) is 6.61 Å². The number of anilines is 1. The zero-order valence-electron chi connectivity index (χ0n) is 15.6. The Balaban J connectivity index is 1.46. The molecule has 0 spiro atoms. The molecule has 2 aromatic carbocycles. The van der Waals surface area contributed by atoms with Crippen molar-refractivity contribution < 1.29 is 22.7 Å². The van der Waals surface area contributed by atoms with Gasteiger partial charge in [-0.15, -0.1) is 11.3 Å². The summed E-state index contributed by atoms with van der Waals surface area (Å²) >= 11 is 1.18. The molecule has 0 saturated heterocycles. The van der Waals surface area contributed by atoms with Crippen LogP contribution in [0.2, 0.25) is 0 Å². The van der Waals surface area contributed by atoms with Crippen LogP contribution in [0.5, 0.6) is 0 Å². The number of nitriles is 1. The molecule has 3 rings (SSSR count). The molecule has 0 radical (unpaired) electrons. The highest BCUT2D eigenvalue weighted by Gasteiger charge is 2.16. The first-order chi connectivity index (χ1) is 14.4. The molecule has 0 aliphatic heterocycles. The second-order valence-corrected chi connectivity index (χ2v) is 8.82. The third-order valence-electron chi connectivity index (χ3n) is 4.06. The van der Waals surface area contributed by atoms with Crippen molar-refractivity contribution >= 4 is 49.0 Å². The van der Waals surface area contributed by atoms with Crippen molar-refractivity contribution in [3.05, 3.63) is 59.5 Å². The van der Waals surface area contributed by atoms with Crippen molar-refractivity contribution in [2.24, 2.45) is 0 Å². The molecule has 0 atom stereocenters. The molecule has 3 aromatic rings. The normalized spacial score (nSPS) is 11.0. The van der Waals surface area contributed by atoms with E-state index in [0.29, 0.717) is 10.6 Å². The van der Waals surface area contributed by atoms with Gasteiger partial charge in [-0.1, -0.05) is 30.3 Å². The highest BCUT2D eigenvalue weighted by atomic mass is 32.2. The molecule has 154 valence electrons. The number of amides is 1. The first kappa shape index (κ1) is 21.4. The zero-order chi connectivity index (χ0) is 21.6. The third-order valence-corrected chi connectivity index (χ3v) is 6.34. The van der Waals surface area contributed by atoms with Crippen LogP contribution in [-0.4, -0.2) is 33.4 Å². The maximum Gasteiger partial charge on any atom is 0.307 e. The third kappa shape index (κ3) is 5.42. The topological polar surface area (TPSA) is 125 Å². The average Bonchev–Trinajstić information content (AvgIpc) is 3.18. The van der Waals surface area contributed by atoms with Crippen LogP contribution in [0.15, 0.2) is 58.8 Å². The van der Waals surface area contributed by atoms with Gasteiger partial charge in [-0.3, -0.25) is 9.59 Å². The van der Waals surface area contributed by atoms with Gasteiger partial charge >= 0.3 is 5.97 Å². The lowest BCUT2D eigenvalue weighted by molar-refractivity contribution is -0.147. The Morgan fingerprint density at radius 2 is 1.87 bits per heavy atom. The number of hydrogen-bond donors (Lipinski definition) is 2.